The predicted molar refractivity (Wildman–Crippen MR) is 86.9 cm³/mol. The number of rotatable bonds is 7. The van der Waals surface area contributed by atoms with Gasteiger partial charge < -0.3 is 14.7 Å². The van der Waals surface area contributed by atoms with Crippen LogP contribution in [0, 0.1) is 5.92 Å². The second kappa shape index (κ2) is 8.67. The normalized spacial score (nSPS) is 19.3. The summed E-state index contributed by atoms with van der Waals surface area (Å²) in [5, 5.41) is 8.79. The van der Waals surface area contributed by atoms with Crippen molar-refractivity contribution in [3.8, 4) is 0 Å². The van der Waals surface area contributed by atoms with Gasteiger partial charge in [-0.05, 0) is 37.7 Å². The van der Waals surface area contributed by atoms with Gasteiger partial charge in [-0.2, -0.15) is 0 Å². The monoisotopic (exact) mass is 319 g/mol. The summed E-state index contributed by atoms with van der Waals surface area (Å²) in [5.74, 6) is -0.487. The fourth-order valence-electron chi connectivity index (χ4n) is 2.95. The molecule has 0 aromatic heterocycles. The Morgan fingerprint density at radius 1 is 1.35 bits per heavy atom. The van der Waals surface area contributed by atoms with Crippen molar-refractivity contribution >= 4 is 11.9 Å². The van der Waals surface area contributed by atoms with E-state index in [-0.39, 0.29) is 18.2 Å². The molecule has 0 spiro atoms. The first-order valence-electron chi connectivity index (χ1n) is 8.22. The summed E-state index contributed by atoms with van der Waals surface area (Å²) in [5.41, 5.74) is 1.05. The lowest BCUT2D eigenvalue weighted by Gasteiger charge is -2.34. The van der Waals surface area contributed by atoms with Gasteiger partial charge >= 0.3 is 5.97 Å². The van der Waals surface area contributed by atoms with Crippen LogP contribution in [-0.4, -0.2) is 41.1 Å². The number of nitrogens with zero attached hydrogens (tertiary/aromatic N) is 1. The lowest BCUT2D eigenvalue weighted by Crippen LogP contribution is -2.45. The number of ether oxygens (including phenoxy) is 1. The number of benzene rings is 1. The third-order valence-corrected chi connectivity index (χ3v) is 4.29. The molecule has 1 heterocycles. The molecule has 5 nitrogen and oxygen atoms in total. The molecule has 0 bridgehead atoms. The standard InChI is InChI=1S/C18H25NO4/c1-14(23-13-16-6-3-2-4-7-16)18(22)19-11-5-8-15(12-19)9-10-17(20)21/h2-4,6-7,14-15H,5,8-13H2,1H3,(H,20,21). The summed E-state index contributed by atoms with van der Waals surface area (Å²) >= 11 is 0. The van der Waals surface area contributed by atoms with Crippen molar-refractivity contribution in [2.24, 2.45) is 5.92 Å². The van der Waals surface area contributed by atoms with Crippen LogP contribution < -0.4 is 0 Å². The van der Waals surface area contributed by atoms with E-state index in [1.54, 1.807) is 6.92 Å². The van der Waals surface area contributed by atoms with Gasteiger partial charge in [0.2, 0.25) is 0 Å². The number of amides is 1. The molecule has 1 saturated heterocycles. The Hall–Kier alpha value is -1.88. The summed E-state index contributed by atoms with van der Waals surface area (Å²) in [6.07, 6.45) is 2.26. The number of likely N-dealkylation sites (tertiary alicyclic amines) is 1. The van der Waals surface area contributed by atoms with Gasteiger partial charge in [-0.15, -0.1) is 0 Å². The van der Waals surface area contributed by atoms with E-state index in [4.69, 9.17) is 9.84 Å². The average molecular weight is 319 g/mol. The van der Waals surface area contributed by atoms with E-state index < -0.39 is 12.1 Å². The fourth-order valence-corrected chi connectivity index (χ4v) is 2.95. The van der Waals surface area contributed by atoms with Gasteiger partial charge in [0.15, 0.2) is 0 Å². The quantitative estimate of drug-likeness (QED) is 0.839. The van der Waals surface area contributed by atoms with Crippen LogP contribution in [0.2, 0.25) is 0 Å². The third-order valence-electron chi connectivity index (χ3n) is 4.29. The molecule has 1 amide bonds. The molecule has 1 aromatic rings. The Kier molecular flexibility index (Phi) is 6.59. The first-order valence-corrected chi connectivity index (χ1v) is 8.22. The van der Waals surface area contributed by atoms with E-state index in [2.05, 4.69) is 0 Å². The lowest BCUT2D eigenvalue weighted by atomic mass is 9.93. The Morgan fingerprint density at radius 3 is 2.78 bits per heavy atom. The highest BCUT2D eigenvalue weighted by Gasteiger charge is 2.27. The maximum absolute atomic E-state index is 12.5. The summed E-state index contributed by atoms with van der Waals surface area (Å²) in [6, 6.07) is 9.79. The lowest BCUT2D eigenvalue weighted by molar-refractivity contribution is -0.145. The van der Waals surface area contributed by atoms with Crippen molar-refractivity contribution in [3.05, 3.63) is 35.9 Å². The van der Waals surface area contributed by atoms with Crippen molar-refractivity contribution in [3.63, 3.8) is 0 Å². The first-order chi connectivity index (χ1) is 11.1. The van der Waals surface area contributed by atoms with Gasteiger partial charge in [0.1, 0.15) is 6.10 Å². The molecule has 1 aliphatic heterocycles. The highest BCUT2D eigenvalue weighted by Crippen LogP contribution is 2.22. The fraction of sp³-hybridized carbons (Fsp3) is 0.556. The Bertz CT molecular complexity index is 517. The van der Waals surface area contributed by atoms with Crippen LogP contribution in [0.25, 0.3) is 0 Å². The van der Waals surface area contributed by atoms with Crippen molar-refractivity contribution in [1.82, 2.24) is 4.90 Å². The minimum atomic E-state index is -0.770. The third kappa shape index (κ3) is 5.67. The van der Waals surface area contributed by atoms with Gasteiger partial charge in [0.05, 0.1) is 6.61 Å². The highest BCUT2D eigenvalue weighted by atomic mass is 16.5. The SMILES string of the molecule is CC(OCc1ccccc1)C(=O)N1CCCC(CCC(=O)O)C1. The Balaban J connectivity index is 1.80. The second-order valence-corrected chi connectivity index (χ2v) is 6.16. The smallest absolute Gasteiger partial charge is 0.303 e. The molecule has 1 fully saturated rings. The molecule has 126 valence electrons. The number of carbonyl (C=O) groups excluding carboxylic acids is 1. The molecule has 0 saturated carbocycles. The van der Waals surface area contributed by atoms with E-state index in [1.165, 1.54) is 0 Å². The maximum atomic E-state index is 12.5. The van der Waals surface area contributed by atoms with Gasteiger partial charge in [-0.3, -0.25) is 9.59 Å². The molecular weight excluding hydrogens is 294 g/mol. The molecule has 2 atom stereocenters. The molecule has 23 heavy (non-hydrogen) atoms. The molecule has 5 heteroatoms. The van der Waals surface area contributed by atoms with Gasteiger partial charge in [0.25, 0.3) is 5.91 Å². The van der Waals surface area contributed by atoms with E-state index in [0.717, 1.165) is 24.9 Å². The van der Waals surface area contributed by atoms with Crippen LogP contribution >= 0.6 is 0 Å². The summed E-state index contributed by atoms with van der Waals surface area (Å²) in [6.45, 7) is 3.59. The predicted octanol–water partition coefficient (Wildman–Crippen LogP) is 2.70. The number of carboxylic acids is 1. The molecule has 0 aliphatic carbocycles. The molecule has 1 aromatic carbocycles. The van der Waals surface area contributed by atoms with Gasteiger partial charge in [-0.1, -0.05) is 30.3 Å². The summed E-state index contributed by atoms with van der Waals surface area (Å²) in [7, 11) is 0. The minimum absolute atomic E-state index is 0.000885. The van der Waals surface area contributed by atoms with Crippen LogP contribution in [0.1, 0.15) is 38.2 Å². The number of hydrogen-bond donors (Lipinski definition) is 1. The van der Waals surface area contributed by atoms with Crippen molar-refractivity contribution in [2.75, 3.05) is 13.1 Å². The van der Waals surface area contributed by atoms with Crippen LogP contribution in [0.5, 0.6) is 0 Å². The van der Waals surface area contributed by atoms with E-state index >= 15 is 0 Å². The largest absolute Gasteiger partial charge is 0.481 e. The van der Waals surface area contributed by atoms with Gasteiger partial charge in [-0.25, -0.2) is 0 Å². The van der Waals surface area contributed by atoms with E-state index in [0.29, 0.717) is 19.6 Å². The van der Waals surface area contributed by atoms with Crippen LogP contribution in [0.4, 0.5) is 0 Å². The zero-order valence-electron chi connectivity index (χ0n) is 13.6. The molecule has 2 rings (SSSR count). The zero-order chi connectivity index (χ0) is 16.7. The van der Waals surface area contributed by atoms with Crippen molar-refractivity contribution < 1.29 is 19.4 Å². The van der Waals surface area contributed by atoms with Crippen molar-refractivity contribution in [2.45, 2.75) is 45.3 Å². The van der Waals surface area contributed by atoms with Crippen LogP contribution in [-0.2, 0) is 20.9 Å². The highest BCUT2D eigenvalue weighted by molar-refractivity contribution is 5.80. The Labute approximate surface area is 137 Å². The van der Waals surface area contributed by atoms with E-state index in [9.17, 15) is 9.59 Å². The molecular formula is C18H25NO4. The first kappa shape index (κ1) is 17.5. The van der Waals surface area contributed by atoms with Crippen LogP contribution in [0.15, 0.2) is 30.3 Å². The number of hydrogen-bond acceptors (Lipinski definition) is 3. The zero-order valence-corrected chi connectivity index (χ0v) is 13.6. The summed E-state index contributed by atoms with van der Waals surface area (Å²) < 4.78 is 5.69. The van der Waals surface area contributed by atoms with Crippen molar-refractivity contribution in [1.29, 1.82) is 0 Å². The maximum Gasteiger partial charge on any atom is 0.303 e. The molecule has 1 N–H and O–H groups in total. The summed E-state index contributed by atoms with van der Waals surface area (Å²) in [4.78, 5) is 25.0. The molecule has 2 unspecified atom stereocenters. The molecule has 1 aliphatic rings. The number of carboxylic acid groups (broad SMARTS) is 1. The average Bonchev–Trinajstić information content (AvgIpc) is 2.58. The minimum Gasteiger partial charge on any atom is -0.481 e. The topological polar surface area (TPSA) is 66.8 Å². The number of piperidine rings is 1. The van der Waals surface area contributed by atoms with Gasteiger partial charge in [0, 0.05) is 19.5 Å². The number of aliphatic carboxylic acids is 1. The number of carbonyl (C=O) groups is 2. The second-order valence-electron chi connectivity index (χ2n) is 6.16. The van der Waals surface area contributed by atoms with Crippen LogP contribution in [0.3, 0.4) is 0 Å². The Morgan fingerprint density at radius 2 is 2.09 bits per heavy atom. The molecule has 0 radical (unpaired) electrons. The van der Waals surface area contributed by atoms with E-state index in [1.807, 2.05) is 35.2 Å².